The van der Waals surface area contributed by atoms with E-state index >= 15 is 0 Å². The van der Waals surface area contributed by atoms with E-state index < -0.39 is 23.3 Å². The summed E-state index contributed by atoms with van der Waals surface area (Å²) in [6, 6.07) is 27.8. The molecule has 4 saturated carbocycles. The first-order chi connectivity index (χ1) is 62.6. The smallest absolute Gasteiger partial charge is 0.159 e. The van der Waals surface area contributed by atoms with Crippen LogP contribution in [0, 0.1) is 52.3 Å². The summed E-state index contributed by atoms with van der Waals surface area (Å²) in [5.74, 6) is 5.62. The molecule has 0 saturated heterocycles. The number of halogens is 9. The van der Waals surface area contributed by atoms with Crippen molar-refractivity contribution in [2.45, 2.75) is 214 Å². The number of aliphatic imine (C=N–C) groups is 6. The highest BCUT2D eigenvalue weighted by atomic mass is 79.9. The Hall–Kier alpha value is -5.07. The molecular weight excluding hydrogens is 1920 g/mol. The number of benzene rings is 6. The maximum atomic E-state index is 13.8. The number of hydrogen-bond acceptors (Lipinski definition) is 23. The van der Waals surface area contributed by atoms with E-state index in [2.05, 4.69) is 85.0 Å². The fourth-order valence-corrected chi connectivity index (χ4v) is 23.2. The Morgan fingerprint density at radius 3 is 1.05 bits per heavy atom. The summed E-state index contributed by atoms with van der Waals surface area (Å²) in [6.07, 6.45) is 34.8. The average Bonchev–Trinajstić information content (AvgIpc) is 1.13. The lowest BCUT2D eigenvalue weighted by Crippen LogP contribution is -2.42. The van der Waals surface area contributed by atoms with Crippen LogP contribution in [0.25, 0.3) is 0 Å². The topological polar surface area (TPSA) is 254 Å². The van der Waals surface area contributed by atoms with Crippen LogP contribution >= 0.6 is 145 Å². The molecule has 0 amide bonds. The fraction of sp³-hybridized carbons (Fsp3) is 0.532. The Bertz CT molecular complexity index is 4600. The van der Waals surface area contributed by atoms with Crippen LogP contribution in [0.4, 0.5) is 28.9 Å². The summed E-state index contributed by atoms with van der Waals surface area (Å²) in [6.45, 7) is 13.3. The van der Waals surface area contributed by atoms with Crippen molar-refractivity contribution in [3.8, 4) is 0 Å². The molecule has 11 N–H and O–H groups in total. The van der Waals surface area contributed by atoms with Crippen LogP contribution in [0.15, 0.2) is 138 Å². The number of nitrogens with one attached hydrogen (secondary N) is 5. The predicted molar refractivity (Wildman–Crippen MR) is 552 cm³/mol. The van der Waals surface area contributed by atoms with Crippen molar-refractivity contribution in [1.29, 1.82) is 5.41 Å². The van der Waals surface area contributed by atoms with E-state index in [4.69, 9.17) is 89.0 Å². The molecule has 14 rings (SSSR count). The van der Waals surface area contributed by atoms with Crippen molar-refractivity contribution in [3.05, 3.63) is 195 Å². The second-order valence-electron chi connectivity index (χ2n) is 33.8. The van der Waals surface area contributed by atoms with E-state index in [9.17, 15) is 22.4 Å². The van der Waals surface area contributed by atoms with Gasteiger partial charge in [0.2, 0.25) is 0 Å². The van der Waals surface area contributed by atoms with E-state index in [1.165, 1.54) is 213 Å². The molecule has 35 heteroatoms. The number of hydrogen-bond donors (Lipinski definition) is 8. The van der Waals surface area contributed by atoms with Gasteiger partial charge in [-0.25, -0.2) is 47.5 Å². The lowest BCUT2D eigenvalue weighted by molar-refractivity contribution is -0.118. The highest BCUT2D eigenvalue weighted by Gasteiger charge is 2.25. The summed E-state index contributed by atoms with van der Waals surface area (Å²) in [5.41, 5.74) is 25.7. The van der Waals surface area contributed by atoms with E-state index in [-0.39, 0.29) is 32.7 Å². The highest BCUT2D eigenvalue weighted by molar-refractivity contribution is 9.10. The van der Waals surface area contributed by atoms with Crippen LogP contribution in [0.2, 0.25) is 20.1 Å². The van der Waals surface area contributed by atoms with Crippen molar-refractivity contribution in [3.63, 3.8) is 0 Å². The molecule has 0 radical (unpaired) electrons. The number of thioether (sulfide) groups is 7. The standard InChI is InChI=1S/C30H47BrN6S2.C30H46Cl2N6S2.C22H16Cl2F4N4S2.C12H16N2OS/c31-28-12-11-26(18-38-29-32-20-36(21-33-29)15-13-24-7-3-1-4-8-24)27(17-28)19-39-30-34-22-37(23-35-30)16-14-25-9-5-2-6-10-25;31-27-15-25(17-39-29-33-19-37(20-34-29)13-11-23-7-3-1-4-8-23)26(16-28(27)32)18-40-30-35-21-38(22-36-30)14-12-24-9-5-2-6-10-24;23-15-5-11(9-33-21(29)31-19-3-1-13(25)7-17(19)27)12(6-16(15)24)10-34-22(30)32-20-4-2-14(26)8-18(20)28;1-2-11(15)7-9-5-3-4-6-10(9)8-16-12(13)14/h11-12,17,24-25H,1-10,13-16,18-23H2,(H,32,33)(H,34,35);15-16,23-24H,1-14,17-22H2,(H,33,34)(H,35,36);1-8H,9-10H2,(H2,29,31)(H2,30,32);3-6H,2,7-8H2,1H3,(H3,13,14). The first-order valence-electron chi connectivity index (χ1n) is 45.2. The van der Waals surface area contributed by atoms with Gasteiger partial charge in [0.15, 0.2) is 47.8 Å². The molecule has 19 nitrogen and oxygen atoms in total. The second kappa shape index (κ2) is 57.1. The Labute approximate surface area is 819 Å². The molecule has 0 aromatic heterocycles. The normalized spacial score (nSPS) is 18.0. The number of carbonyl (C=O) groups excluding carboxylic acids is 1. The molecule has 6 aromatic carbocycles. The van der Waals surface area contributed by atoms with Crippen LogP contribution < -0.4 is 38.5 Å². The molecule has 4 aliphatic heterocycles. The minimum absolute atomic E-state index is 0.0584. The van der Waals surface area contributed by atoms with E-state index in [0.717, 1.165) is 208 Å². The molecule has 0 atom stereocenters. The fourth-order valence-electron chi connectivity index (χ4n) is 16.5. The Balaban J connectivity index is 0.000000173. The number of rotatable bonds is 31. The quantitative estimate of drug-likeness (QED) is 0.0114. The van der Waals surface area contributed by atoms with Crippen LogP contribution in [-0.4, -0.2) is 141 Å². The molecule has 0 bridgehead atoms. The van der Waals surface area contributed by atoms with Crippen molar-refractivity contribution in [1.82, 2.24) is 40.9 Å². The van der Waals surface area contributed by atoms with Gasteiger partial charge in [0.25, 0.3) is 0 Å². The van der Waals surface area contributed by atoms with Gasteiger partial charge < -0.3 is 38.5 Å². The number of Topliss-reactive ketones (excluding diaryl/α,β-unsaturated/α-hetero) is 1. The number of carbonyl (C=O) groups is 1. The molecule has 4 fully saturated rings. The van der Waals surface area contributed by atoms with Gasteiger partial charge in [-0.3, -0.25) is 29.8 Å². The van der Waals surface area contributed by atoms with E-state index in [1.807, 2.05) is 66.8 Å². The second-order valence-corrected chi connectivity index (χ2v) is 43.2. The Morgan fingerprint density at radius 2 is 0.729 bits per heavy atom. The third-order valence-corrected chi connectivity index (χ3v) is 32.6. The Kier molecular flexibility index (Phi) is 46.2. The van der Waals surface area contributed by atoms with Gasteiger partial charge in [-0.2, -0.15) is 0 Å². The van der Waals surface area contributed by atoms with Gasteiger partial charge in [-0.15, -0.1) is 0 Å². The highest BCUT2D eigenvalue weighted by Crippen LogP contribution is 2.37. The minimum Gasteiger partial charge on any atom is -0.379 e. The maximum absolute atomic E-state index is 13.8. The van der Waals surface area contributed by atoms with Crippen LogP contribution in [0.5, 0.6) is 0 Å². The minimum atomic E-state index is -0.831. The van der Waals surface area contributed by atoms with Crippen molar-refractivity contribution >= 4 is 198 Å². The van der Waals surface area contributed by atoms with Gasteiger partial charge in [-0.1, -0.05) is 310 Å². The van der Waals surface area contributed by atoms with E-state index in [0.29, 0.717) is 50.2 Å². The molecule has 4 heterocycles. The first kappa shape index (κ1) is 104. The summed E-state index contributed by atoms with van der Waals surface area (Å²) >= 11 is 39.5. The molecule has 0 unspecified atom stereocenters. The Morgan fingerprint density at radius 1 is 0.419 bits per heavy atom. The van der Waals surface area contributed by atoms with Gasteiger partial charge in [0, 0.05) is 95.9 Å². The lowest BCUT2D eigenvalue weighted by atomic mass is 9.87. The van der Waals surface area contributed by atoms with Crippen LogP contribution in [0.1, 0.15) is 212 Å². The first-order valence-corrected chi connectivity index (χ1v) is 54.4. The molecule has 6 aromatic rings. The van der Waals surface area contributed by atoms with Crippen molar-refractivity contribution < 1.29 is 22.4 Å². The number of ketones is 1. The zero-order valence-electron chi connectivity index (χ0n) is 73.8. The summed E-state index contributed by atoms with van der Waals surface area (Å²) in [7, 11) is 0. The third-order valence-electron chi connectivity index (χ3n) is 24.2. The predicted octanol–water partition coefficient (Wildman–Crippen LogP) is 24.6. The lowest BCUT2D eigenvalue weighted by Gasteiger charge is -2.29. The van der Waals surface area contributed by atoms with Crippen molar-refractivity contribution in [2.75, 3.05) is 79.5 Å². The zero-order chi connectivity index (χ0) is 91.1. The molecule has 129 heavy (non-hydrogen) atoms. The van der Waals surface area contributed by atoms with Gasteiger partial charge in [-0.05, 0) is 155 Å². The zero-order valence-corrected chi connectivity index (χ0v) is 84.1. The third kappa shape index (κ3) is 37.9. The summed E-state index contributed by atoms with van der Waals surface area (Å²) in [4.78, 5) is 48.5. The average molecular weight is 2050 g/mol. The van der Waals surface area contributed by atoms with Gasteiger partial charge in [0.05, 0.1) is 73.4 Å². The van der Waals surface area contributed by atoms with Gasteiger partial charge >= 0.3 is 0 Å². The molecule has 8 aliphatic rings. The van der Waals surface area contributed by atoms with E-state index in [1.54, 1.807) is 35.7 Å². The SMILES string of the molecule is Brc1ccc(CSC2=NCN(CCC3CCCCC3)CN2)c(CSC2=NCN(CCC3CCCCC3)CN2)c1.CCC(=O)Cc1ccccc1CSC(=N)N.Clc1cc(CSC2=NCN(CCC3CCCCC3)CN2)c(CSC2=NCN(CCC3CCCCC3)CN2)cc1Cl.NC(=Nc1ccc(F)cc1F)SCc1cc(Cl)c(Cl)cc1CSC(N)=Nc1ccc(F)cc1F. The summed E-state index contributed by atoms with van der Waals surface area (Å²) in [5, 5.41) is 27.7. The molecule has 0 spiro atoms. The largest absolute Gasteiger partial charge is 0.379 e. The van der Waals surface area contributed by atoms with Crippen molar-refractivity contribution in [2.24, 2.45) is 70.8 Å². The van der Waals surface area contributed by atoms with Crippen LogP contribution in [0.3, 0.4) is 0 Å². The van der Waals surface area contributed by atoms with Gasteiger partial charge in [0.1, 0.15) is 28.8 Å². The molecule has 4 aliphatic carbocycles. The summed E-state index contributed by atoms with van der Waals surface area (Å²) < 4.78 is 54.9. The monoisotopic (exact) mass is 2040 g/mol. The molecular formula is C94H125BrCl4F4N18OS7. The number of nitrogens with zero attached hydrogens (tertiary/aromatic N) is 10. The number of nitrogens with two attached hydrogens (primary N) is 3. The number of amidine groups is 7. The van der Waals surface area contributed by atoms with Crippen LogP contribution in [-0.2, 0) is 51.5 Å². The maximum Gasteiger partial charge on any atom is 0.159 e. The molecule has 702 valence electrons.